The first kappa shape index (κ1) is 11.2. The molecule has 0 radical (unpaired) electrons. The number of aliphatic hydroxyl groups is 1. The zero-order valence-electron chi connectivity index (χ0n) is 9.06. The van der Waals surface area contributed by atoms with Gasteiger partial charge >= 0.3 is 0 Å². The van der Waals surface area contributed by atoms with Gasteiger partial charge in [0.05, 0.1) is 6.10 Å². The van der Waals surface area contributed by atoms with Crippen LogP contribution < -0.4 is 5.32 Å². The van der Waals surface area contributed by atoms with Gasteiger partial charge in [-0.3, -0.25) is 0 Å². The van der Waals surface area contributed by atoms with Gasteiger partial charge in [-0.05, 0) is 37.4 Å². The lowest BCUT2D eigenvalue weighted by Crippen LogP contribution is -2.41. The maximum Gasteiger partial charge on any atom is 0.160 e. The average Bonchev–Trinajstić information content (AvgIpc) is 2.25. The van der Waals surface area contributed by atoms with E-state index in [2.05, 4.69) is 5.32 Å². The Morgan fingerprint density at radius 2 is 2.12 bits per heavy atom. The van der Waals surface area contributed by atoms with Gasteiger partial charge in [0, 0.05) is 6.04 Å². The molecule has 2 atom stereocenters. The molecule has 0 amide bonds. The van der Waals surface area contributed by atoms with Crippen molar-refractivity contribution in [2.75, 3.05) is 6.54 Å². The summed E-state index contributed by atoms with van der Waals surface area (Å²) in [6.07, 6.45) is 1.83. The SMILES string of the molecule is Oc1cccc(CC2CC(O)CCN2)c1O. The first-order chi connectivity index (χ1) is 7.66. The summed E-state index contributed by atoms with van der Waals surface area (Å²) in [6, 6.07) is 5.13. The van der Waals surface area contributed by atoms with Crippen LogP contribution in [0.2, 0.25) is 0 Å². The number of rotatable bonds is 2. The molecule has 1 aromatic carbocycles. The lowest BCUT2D eigenvalue weighted by molar-refractivity contribution is 0.116. The standard InChI is InChI=1S/C12H17NO3/c14-10-4-5-13-9(7-10)6-8-2-1-3-11(15)12(8)16/h1-3,9-10,13-16H,4-7H2. The first-order valence-corrected chi connectivity index (χ1v) is 5.58. The Labute approximate surface area is 94.5 Å². The highest BCUT2D eigenvalue weighted by Gasteiger charge is 2.21. The molecule has 1 aromatic rings. The molecule has 2 rings (SSSR count). The van der Waals surface area contributed by atoms with E-state index in [1.165, 1.54) is 6.07 Å². The van der Waals surface area contributed by atoms with Crippen LogP contribution in [0.1, 0.15) is 18.4 Å². The van der Waals surface area contributed by atoms with Crippen molar-refractivity contribution >= 4 is 0 Å². The summed E-state index contributed by atoms with van der Waals surface area (Å²) >= 11 is 0. The number of nitrogens with one attached hydrogen (secondary N) is 1. The molecule has 0 aromatic heterocycles. The Hall–Kier alpha value is -1.26. The summed E-state index contributed by atoms with van der Waals surface area (Å²) in [5, 5.41) is 31.8. The van der Waals surface area contributed by atoms with E-state index in [0.29, 0.717) is 18.4 Å². The van der Waals surface area contributed by atoms with Crippen LogP contribution in [-0.2, 0) is 6.42 Å². The molecular formula is C12H17NO3. The van der Waals surface area contributed by atoms with Gasteiger partial charge in [-0.1, -0.05) is 12.1 Å². The Kier molecular flexibility index (Phi) is 3.31. The molecule has 1 fully saturated rings. The van der Waals surface area contributed by atoms with Crippen molar-refractivity contribution in [2.24, 2.45) is 0 Å². The smallest absolute Gasteiger partial charge is 0.160 e. The highest BCUT2D eigenvalue weighted by Crippen LogP contribution is 2.29. The van der Waals surface area contributed by atoms with Crippen molar-refractivity contribution in [3.8, 4) is 11.5 Å². The molecule has 0 spiro atoms. The van der Waals surface area contributed by atoms with E-state index in [1.54, 1.807) is 12.1 Å². The number of para-hydroxylation sites is 1. The lowest BCUT2D eigenvalue weighted by atomic mass is 9.95. The summed E-state index contributed by atoms with van der Waals surface area (Å²) in [7, 11) is 0. The first-order valence-electron chi connectivity index (χ1n) is 5.58. The van der Waals surface area contributed by atoms with Crippen molar-refractivity contribution < 1.29 is 15.3 Å². The number of aromatic hydroxyl groups is 2. The van der Waals surface area contributed by atoms with E-state index in [1.807, 2.05) is 0 Å². The lowest BCUT2D eigenvalue weighted by Gasteiger charge is -2.27. The third kappa shape index (κ3) is 2.46. The third-order valence-corrected chi connectivity index (χ3v) is 3.03. The van der Waals surface area contributed by atoms with Crippen LogP contribution in [0.4, 0.5) is 0 Å². The maximum absolute atomic E-state index is 9.65. The zero-order valence-corrected chi connectivity index (χ0v) is 9.06. The second kappa shape index (κ2) is 4.72. The molecule has 4 heteroatoms. The Balaban J connectivity index is 2.05. The molecule has 1 heterocycles. The van der Waals surface area contributed by atoms with E-state index in [4.69, 9.17) is 0 Å². The number of hydrogen-bond donors (Lipinski definition) is 4. The minimum Gasteiger partial charge on any atom is -0.504 e. The second-order valence-electron chi connectivity index (χ2n) is 4.32. The topological polar surface area (TPSA) is 72.7 Å². The molecule has 1 aliphatic heterocycles. The summed E-state index contributed by atoms with van der Waals surface area (Å²) < 4.78 is 0. The minimum absolute atomic E-state index is 0.0515. The largest absolute Gasteiger partial charge is 0.504 e. The van der Waals surface area contributed by atoms with Gasteiger partial charge in [0.2, 0.25) is 0 Å². The molecule has 1 aliphatic rings. The van der Waals surface area contributed by atoms with Gasteiger partial charge in [0.15, 0.2) is 11.5 Å². The highest BCUT2D eigenvalue weighted by atomic mass is 16.3. The van der Waals surface area contributed by atoms with Gasteiger partial charge in [0.25, 0.3) is 0 Å². The fraction of sp³-hybridized carbons (Fsp3) is 0.500. The number of aliphatic hydroxyl groups excluding tert-OH is 1. The average molecular weight is 223 g/mol. The zero-order chi connectivity index (χ0) is 11.5. The van der Waals surface area contributed by atoms with E-state index >= 15 is 0 Å². The van der Waals surface area contributed by atoms with Crippen molar-refractivity contribution in [1.82, 2.24) is 5.32 Å². The highest BCUT2D eigenvalue weighted by molar-refractivity contribution is 5.44. The normalized spacial score (nSPS) is 25.6. The van der Waals surface area contributed by atoms with Crippen LogP contribution in [0.25, 0.3) is 0 Å². The van der Waals surface area contributed by atoms with E-state index < -0.39 is 0 Å². The van der Waals surface area contributed by atoms with Crippen molar-refractivity contribution in [2.45, 2.75) is 31.4 Å². The van der Waals surface area contributed by atoms with E-state index in [0.717, 1.165) is 13.0 Å². The van der Waals surface area contributed by atoms with E-state index in [-0.39, 0.29) is 23.6 Å². The van der Waals surface area contributed by atoms with Crippen LogP contribution >= 0.6 is 0 Å². The van der Waals surface area contributed by atoms with E-state index in [9.17, 15) is 15.3 Å². The molecule has 4 nitrogen and oxygen atoms in total. The van der Waals surface area contributed by atoms with Crippen molar-refractivity contribution in [3.05, 3.63) is 23.8 Å². The fourth-order valence-corrected chi connectivity index (χ4v) is 2.15. The van der Waals surface area contributed by atoms with Crippen molar-refractivity contribution in [3.63, 3.8) is 0 Å². The molecule has 88 valence electrons. The molecule has 0 aliphatic carbocycles. The third-order valence-electron chi connectivity index (χ3n) is 3.03. The molecule has 0 bridgehead atoms. The van der Waals surface area contributed by atoms with Gasteiger partial charge < -0.3 is 20.6 Å². The number of piperidine rings is 1. The van der Waals surface area contributed by atoms with Gasteiger partial charge in [0.1, 0.15) is 0 Å². The molecule has 4 N–H and O–H groups in total. The van der Waals surface area contributed by atoms with Crippen molar-refractivity contribution in [1.29, 1.82) is 0 Å². The Morgan fingerprint density at radius 3 is 2.88 bits per heavy atom. The number of benzene rings is 1. The second-order valence-corrected chi connectivity index (χ2v) is 4.32. The number of phenols is 2. The quantitative estimate of drug-likeness (QED) is 0.558. The predicted octanol–water partition coefficient (Wildman–Crippen LogP) is 0.753. The molecular weight excluding hydrogens is 206 g/mol. The van der Waals surface area contributed by atoms with Crippen LogP contribution in [0.15, 0.2) is 18.2 Å². The predicted molar refractivity (Wildman–Crippen MR) is 60.5 cm³/mol. The number of hydrogen-bond acceptors (Lipinski definition) is 4. The summed E-state index contributed by atoms with van der Waals surface area (Å²) in [6.45, 7) is 0.797. The monoisotopic (exact) mass is 223 g/mol. The van der Waals surface area contributed by atoms with Gasteiger partial charge in [-0.2, -0.15) is 0 Å². The molecule has 2 unspecified atom stereocenters. The molecule has 0 saturated carbocycles. The fourth-order valence-electron chi connectivity index (χ4n) is 2.15. The van der Waals surface area contributed by atoms with Crippen LogP contribution in [-0.4, -0.2) is 34.0 Å². The van der Waals surface area contributed by atoms with Crippen LogP contribution in [0.5, 0.6) is 11.5 Å². The molecule has 16 heavy (non-hydrogen) atoms. The van der Waals surface area contributed by atoms with Crippen LogP contribution in [0.3, 0.4) is 0 Å². The minimum atomic E-state index is -0.259. The molecule has 1 saturated heterocycles. The van der Waals surface area contributed by atoms with Gasteiger partial charge in [-0.25, -0.2) is 0 Å². The van der Waals surface area contributed by atoms with Crippen LogP contribution in [0, 0.1) is 0 Å². The number of phenolic OH excluding ortho intramolecular Hbond substituents is 2. The Morgan fingerprint density at radius 1 is 1.31 bits per heavy atom. The summed E-state index contributed by atoms with van der Waals surface area (Å²) in [5.74, 6) is -0.141. The maximum atomic E-state index is 9.65. The summed E-state index contributed by atoms with van der Waals surface area (Å²) in [4.78, 5) is 0. The summed E-state index contributed by atoms with van der Waals surface area (Å²) in [5.41, 5.74) is 0.714. The Bertz CT molecular complexity index is 367. The van der Waals surface area contributed by atoms with Gasteiger partial charge in [-0.15, -0.1) is 0 Å².